The van der Waals surface area contributed by atoms with E-state index < -0.39 is 0 Å². The molecule has 1 saturated carbocycles. The van der Waals surface area contributed by atoms with Crippen LogP contribution in [0.25, 0.3) is 22.6 Å². The molecule has 0 saturated heterocycles. The van der Waals surface area contributed by atoms with Crippen molar-refractivity contribution in [3.8, 4) is 11.6 Å². The molecule has 0 radical (unpaired) electrons. The predicted octanol–water partition coefficient (Wildman–Crippen LogP) is 4.01. The van der Waals surface area contributed by atoms with Gasteiger partial charge in [0.2, 0.25) is 5.91 Å². The van der Waals surface area contributed by atoms with E-state index in [1.165, 1.54) is 16.8 Å². The van der Waals surface area contributed by atoms with Gasteiger partial charge in [-0.05, 0) is 37.1 Å². The van der Waals surface area contributed by atoms with Crippen LogP contribution >= 0.6 is 11.8 Å². The Kier molecular flexibility index (Phi) is 5.73. The first-order valence-electron chi connectivity index (χ1n) is 10.9. The maximum Gasteiger partial charge on any atom is 0.302 e. The number of hydrazone groups is 1. The van der Waals surface area contributed by atoms with Gasteiger partial charge in [0.05, 0.1) is 29.6 Å². The van der Waals surface area contributed by atoms with E-state index in [2.05, 4.69) is 10.4 Å². The van der Waals surface area contributed by atoms with Crippen molar-refractivity contribution >= 4 is 39.7 Å². The number of carbonyl (C=O) groups is 2. The fourth-order valence-electron chi connectivity index (χ4n) is 4.33. The third-order valence-corrected chi connectivity index (χ3v) is 6.96. The van der Waals surface area contributed by atoms with Crippen LogP contribution in [0.2, 0.25) is 0 Å². The fourth-order valence-corrected chi connectivity index (χ4v) is 5.09. The molecule has 32 heavy (non-hydrogen) atoms. The molecule has 3 heterocycles. The lowest BCUT2D eigenvalue weighted by Crippen LogP contribution is -2.38. The largest absolute Gasteiger partial charge is 0.461 e. The number of nitrogens with zero attached hydrogens (tertiary/aromatic N) is 4. The summed E-state index contributed by atoms with van der Waals surface area (Å²) in [6, 6.07) is 9.75. The van der Waals surface area contributed by atoms with Crippen LogP contribution < -0.4 is 5.32 Å². The second-order valence-electron chi connectivity index (χ2n) is 8.17. The zero-order valence-electron chi connectivity index (χ0n) is 17.9. The van der Waals surface area contributed by atoms with E-state index in [0.717, 1.165) is 53.8 Å². The fraction of sp³-hybridized carbons (Fsp3) is 0.391. The Balaban J connectivity index is 1.31. The molecule has 0 bridgehead atoms. The number of hydrogen-bond acceptors (Lipinski definition) is 6. The summed E-state index contributed by atoms with van der Waals surface area (Å²) >= 11 is 1.23. The molecule has 9 heteroatoms. The first-order chi connectivity index (χ1) is 15.6. The van der Waals surface area contributed by atoms with Crippen LogP contribution in [0, 0.1) is 5.92 Å². The number of nitrogens with one attached hydrogen (secondary N) is 1. The molecule has 1 aliphatic heterocycles. The number of amides is 2. The summed E-state index contributed by atoms with van der Waals surface area (Å²) in [6.07, 6.45) is 5.80. The van der Waals surface area contributed by atoms with Gasteiger partial charge in [-0.25, -0.2) is 9.99 Å². The summed E-state index contributed by atoms with van der Waals surface area (Å²) < 4.78 is 7.50. The molecule has 0 spiro atoms. The standard InChI is InChI=1S/C23H25N5O3S/c1-27-19-9-8-16(13-17(19)25-21(27)20-7-4-12-31-20)18-14-32-23(30)28(26-18)11-10-24-22(29)15-5-2-3-6-15/h4,7-9,12-13,15H,2-3,5-6,10-11,14H2,1H3,(H,24,29). The Morgan fingerprint density at radius 2 is 2.12 bits per heavy atom. The number of benzene rings is 1. The lowest BCUT2D eigenvalue weighted by atomic mass is 10.1. The average Bonchev–Trinajstić information content (AvgIpc) is 3.56. The van der Waals surface area contributed by atoms with Crippen molar-refractivity contribution in [2.75, 3.05) is 18.8 Å². The van der Waals surface area contributed by atoms with E-state index >= 15 is 0 Å². The molecule has 5 rings (SSSR count). The summed E-state index contributed by atoms with van der Waals surface area (Å²) in [6.45, 7) is 0.770. The lowest BCUT2D eigenvalue weighted by molar-refractivity contribution is -0.124. The van der Waals surface area contributed by atoms with Crippen LogP contribution in [0.1, 0.15) is 31.2 Å². The maximum atomic E-state index is 12.3. The number of aryl methyl sites for hydroxylation is 1. The molecule has 166 valence electrons. The van der Waals surface area contributed by atoms with Crippen molar-refractivity contribution in [3.63, 3.8) is 0 Å². The molecule has 2 aliphatic rings. The quantitative estimate of drug-likeness (QED) is 0.611. The average molecular weight is 452 g/mol. The second kappa shape index (κ2) is 8.82. The van der Waals surface area contributed by atoms with Gasteiger partial charge in [0.15, 0.2) is 11.6 Å². The number of rotatable bonds is 6. The van der Waals surface area contributed by atoms with Crippen molar-refractivity contribution in [2.24, 2.45) is 18.1 Å². The zero-order valence-corrected chi connectivity index (χ0v) is 18.7. The minimum absolute atomic E-state index is 0.0942. The monoisotopic (exact) mass is 451 g/mol. The lowest BCUT2D eigenvalue weighted by Gasteiger charge is -2.23. The van der Waals surface area contributed by atoms with Crippen LogP contribution in [-0.4, -0.2) is 50.3 Å². The summed E-state index contributed by atoms with van der Waals surface area (Å²) in [7, 11) is 1.96. The van der Waals surface area contributed by atoms with Crippen LogP contribution in [-0.2, 0) is 11.8 Å². The number of hydrogen-bond donors (Lipinski definition) is 1. The molecule has 1 N–H and O–H groups in total. The van der Waals surface area contributed by atoms with Gasteiger partial charge in [-0.3, -0.25) is 9.59 Å². The number of carbonyl (C=O) groups excluding carboxylic acids is 2. The van der Waals surface area contributed by atoms with Gasteiger partial charge in [0, 0.05) is 30.8 Å². The van der Waals surface area contributed by atoms with Gasteiger partial charge in [0.1, 0.15) is 0 Å². The Morgan fingerprint density at radius 3 is 2.91 bits per heavy atom. The number of imidazole rings is 1. The third kappa shape index (κ3) is 4.04. The van der Waals surface area contributed by atoms with Crippen LogP contribution in [0.3, 0.4) is 0 Å². The van der Waals surface area contributed by atoms with E-state index in [9.17, 15) is 9.59 Å². The smallest absolute Gasteiger partial charge is 0.302 e. The van der Waals surface area contributed by atoms with Crippen molar-refractivity contribution in [2.45, 2.75) is 25.7 Å². The Bertz CT molecular complexity index is 1180. The molecule has 0 unspecified atom stereocenters. The normalized spacial score (nSPS) is 17.2. The Labute approximate surface area is 190 Å². The second-order valence-corrected chi connectivity index (χ2v) is 9.10. The minimum atomic E-state index is -0.0946. The molecule has 1 aliphatic carbocycles. The van der Waals surface area contributed by atoms with E-state index in [1.54, 1.807) is 6.26 Å². The molecule has 8 nitrogen and oxygen atoms in total. The van der Waals surface area contributed by atoms with E-state index in [1.807, 2.05) is 41.9 Å². The first-order valence-corrected chi connectivity index (χ1v) is 11.9. The first kappa shape index (κ1) is 20.8. The molecule has 0 atom stereocenters. The highest BCUT2D eigenvalue weighted by Crippen LogP contribution is 2.27. The van der Waals surface area contributed by atoms with Crippen molar-refractivity contribution < 1.29 is 14.0 Å². The SMILES string of the molecule is Cn1c(-c2ccco2)nc2cc(C3=NN(CCNC(=O)C4CCCC4)C(=O)SC3)ccc21. The molecular formula is C23H25N5O3S. The van der Waals surface area contributed by atoms with Gasteiger partial charge in [-0.15, -0.1) is 0 Å². The maximum absolute atomic E-state index is 12.3. The van der Waals surface area contributed by atoms with Gasteiger partial charge in [-0.1, -0.05) is 30.7 Å². The van der Waals surface area contributed by atoms with E-state index in [-0.39, 0.29) is 17.1 Å². The predicted molar refractivity (Wildman–Crippen MR) is 124 cm³/mol. The van der Waals surface area contributed by atoms with Gasteiger partial charge in [-0.2, -0.15) is 5.10 Å². The molecule has 2 amide bonds. The van der Waals surface area contributed by atoms with Crippen molar-refractivity contribution in [1.29, 1.82) is 0 Å². The summed E-state index contributed by atoms with van der Waals surface area (Å²) in [5.41, 5.74) is 3.59. The van der Waals surface area contributed by atoms with Crippen molar-refractivity contribution in [3.05, 3.63) is 42.2 Å². The Hall–Kier alpha value is -3.07. The van der Waals surface area contributed by atoms with Crippen molar-refractivity contribution in [1.82, 2.24) is 19.9 Å². The van der Waals surface area contributed by atoms with Gasteiger partial charge < -0.3 is 14.3 Å². The highest BCUT2D eigenvalue weighted by Gasteiger charge is 2.25. The molecule has 3 aromatic rings. The van der Waals surface area contributed by atoms with Crippen LogP contribution in [0.5, 0.6) is 0 Å². The number of furan rings is 1. The topological polar surface area (TPSA) is 92.7 Å². The minimum Gasteiger partial charge on any atom is -0.461 e. The zero-order chi connectivity index (χ0) is 22.1. The summed E-state index contributed by atoms with van der Waals surface area (Å²) in [4.78, 5) is 29.3. The molecule has 1 aromatic carbocycles. The highest BCUT2D eigenvalue weighted by atomic mass is 32.2. The third-order valence-electron chi connectivity index (χ3n) is 6.09. The number of fused-ring (bicyclic) bond motifs is 1. The molecule has 2 aromatic heterocycles. The number of thioether (sulfide) groups is 1. The highest BCUT2D eigenvalue weighted by molar-refractivity contribution is 8.14. The van der Waals surface area contributed by atoms with E-state index in [0.29, 0.717) is 24.6 Å². The molecule has 1 fully saturated rings. The van der Waals surface area contributed by atoms with Crippen LogP contribution in [0.4, 0.5) is 4.79 Å². The molecular weight excluding hydrogens is 426 g/mol. The summed E-state index contributed by atoms with van der Waals surface area (Å²) in [5.74, 6) is 2.20. The van der Waals surface area contributed by atoms with Gasteiger partial charge in [0.25, 0.3) is 0 Å². The van der Waals surface area contributed by atoms with Crippen LogP contribution in [0.15, 0.2) is 46.1 Å². The van der Waals surface area contributed by atoms with Gasteiger partial charge >= 0.3 is 5.24 Å². The van der Waals surface area contributed by atoms with E-state index in [4.69, 9.17) is 9.40 Å². The Morgan fingerprint density at radius 1 is 1.28 bits per heavy atom. The summed E-state index contributed by atoms with van der Waals surface area (Å²) in [5, 5.41) is 8.91. The number of aromatic nitrogens is 2.